The summed E-state index contributed by atoms with van der Waals surface area (Å²) in [5.41, 5.74) is 6.28. The van der Waals surface area contributed by atoms with Gasteiger partial charge in [-0.15, -0.1) is 0 Å². The number of carbonyl (C=O) groups is 4. The van der Waals surface area contributed by atoms with Gasteiger partial charge in [-0.25, -0.2) is 4.79 Å². The highest BCUT2D eigenvalue weighted by Gasteiger charge is 2.42. The molecule has 2 rings (SSSR count). The average molecular weight is 517 g/mol. The van der Waals surface area contributed by atoms with E-state index in [4.69, 9.17) is 10.5 Å². The van der Waals surface area contributed by atoms with Gasteiger partial charge < -0.3 is 26.0 Å². The molecule has 0 radical (unpaired) electrons. The van der Waals surface area contributed by atoms with Crippen LogP contribution in [0, 0.1) is 6.92 Å². The van der Waals surface area contributed by atoms with Crippen molar-refractivity contribution in [1.29, 1.82) is 0 Å². The highest BCUT2D eigenvalue weighted by molar-refractivity contribution is 5.92. The van der Waals surface area contributed by atoms with E-state index in [1.807, 2.05) is 31.2 Å². The number of primary amides is 1. The van der Waals surface area contributed by atoms with Crippen LogP contribution in [0.25, 0.3) is 0 Å². The summed E-state index contributed by atoms with van der Waals surface area (Å²) in [5, 5.41) is 5.65. The van der Waals surface area contributed by atoms with Gasteiger partial charge >= 0.3 is 6.09 Å². The molecular formula is C28H44N4O5. The molecule has 0 saturated heterocycles. The normalized spacial score (nSPS) is 15.2. The number of benzene rings is 1. The molecule has 1 fully saturated rings. The number of rotatable bonds is 13. The third-order valence-corrected chi connectivity index (χ3v) is 6.35. The average Bonchev–Trinajstić information content (AvgIpc) is 2.76. The van der Waals surface area contributed by atoms with Crippen molar-refractivity contribution < 1.29 is 23.9 Å². The number of nitrogens with one attached hydrogen (secondary N) is 2. The molecular weight excluding hydrogens is 472 g/mol. The maximum atomic E-state index is 14.1. The molecule has 0 heterocycles. The molecule has 1 saturated carbocycles. The lowest BCUT2D eigenvalue weighted by atomic mass is 9.87. The molecule has 2 unspecified atom stereocenters. The highest BCUT2D eigenvalue weighted by atomic mass is 16.6. The number of hydrogen-bond acceptors (Lipinski definition) is 5. The molecule has 0 aromatic heterocycles. The number of hydrogen-bond donors (Lipinski definition) is 3. The van der Waals surface area contributed by atoms with E-state index in [9.17, 15) is 19.2 Å². The summed E-state index contributed by atoms with van der Waals surface area (Å²) in [4.78, 5) is 53.5. The Bertz CT molecular complexity index is 939. The summed E-state index contributed by atoms with van der Waals surface area (Å²) in [6, 6.07) is 5.48. The maximum Gasteiger partial charge on any atom is 0.408 e. The Morgan fingerprint density at radius 1 is 1.16 bits per heavy atom. The second-order valence-electron chi connectivity index (χ2n) is 10.8. The number of unbranched alkanes of at least 4 members (excludes halogenated alkanes) is 2. The van der Waals surface area contributed by atoms with Crippen molar-refractivity contribution in [2.75, 3.05) is 6.54 Å². The van der Waals surface area contributed by atoms with Crippen LogP contribution < -0.4 is 16.4 Å². The SMILES string of the molecule is CCCCCNC(=O)C(c1cccc(C)c1)N(C(=O)C(CCC(N)=O)NC(=O)OC(C)(C)C)C1CCC1. The third kappa shape index (κ3) is 9.70. The van der Waals surface area contributed by atoms with Crippen LogP contribution in [0.15, 0.2) is 24.3 Å². The van der Waals surface area contributed by atoms with Crippen molar-refractivity contribution in [2.24, 2.45) is 5.73 Å². The van der Waals surface area contributed by atoms with Crippen LogP contribution in [-0.4, -0.2) is 52.9 Å². The van der Waals surface area contributed by atoms with Gasteiger partial charge in [-0.2, -0.15) is 0 Å². The molecule has 206 valence electrons. The predicted octanol–water partition coefficient (Wildman–Crippen LogP) is 3.88. The van der Waals surface area contributed by atoms with Gasteiger partial charge in [0, 0.05) is 19.0 Å². The standard InChI is InChI=1S/C28H44N4O5/c1-6-7-8-17-30-25(34)24(20-12-9-11-19(2)18-20)32(21-13-10-14-21)26(35)22(15-16-23(29)33)31-27(36)37-28(3,4)5/h9,11-12,18,21-22,24H,6-8,10,13-17H2,1-5H3,(H2,29,33)(H,30,34)(H,31,36). The van der Waals surface area contributed by atoms with Crippen LogP contribution in [0.4, 0.5) is 4.79 Å². The topological polar surface area (TPSA) is 131 Å². The summed E-state index contributed by atoms with van der Waals surface area (Å²) in [6.45, 7) is 9.73. The lowest BCUT2D eigenvalue weighted by molar-refractivity contribution is -0.147. The zero-order chi connectivity index (χ0) is 27.6. The monoisotopic (exact) mass is 516 g/mol. The molecule has 1 aromatic carbocycles. The second kappa shape index (κ2) is 14.0. The van der Waals surface area contributed by atoms with Gasteiger partial charge in [0.25, 0.3) is 0 Å². The first kappa shape index (κ1) is 30.1. The van der Waals surface area contributed by atoms with Crippen LogP contribution in [0.1, 0.15) is 96.2 Å². The Morgan fingerprint density at radius 3 is 2.41 bits per heavy atom. The molecule has 1 aromatic rings. The zero-order valence-electron chi connectivity index (χ0n) is 23.0. The summed E-state index contributed by atoms with van der Waals surface area (Å²) < 4.78 is 5.37. The van der Waals surface area contributed by atoms with E-state index in [2.05, 4.69) is 17.6 Å². The molecule has 4 N–H and O–H groups in total. The molecule has 37 heavy (non-hydrogen) atoms. The fourth-order valence-corrected chi connectivity index (χ4v) is 4.32. The van der Waals surface area contributed by atoms with Gasteiger partial charge in [0.15, 0.2) is 0 Å². The summed E-state index contributed by atoms with van der Waals surface area (Å²) in [7, 11) is 0. The first-order valence-corrected chi connectivity index (χ1v) is 13.4. The van der Waals surface area contributed by atoms with Crippen LogP contribution in [0.5, 0.6) is 0 Å². The Labute approximate surface area is 220 Å². The van der Waals surface area contributed by atoms with Crippen molar-refractivity contribution >= 4 is 23.8 Å². The van der Waals surface area contributed by atoms with Gasteiger partial charge in [0.1, 0.15) is 17.7 Å². The molecule has 0 bridgehead atoms. The maximum absolute atomic E-state index is 14.1. The van der Waals surface area contributed by atoms with Gasteiger partial charge in [-0.1, -0.05) is 49.6 Å². The molecule has 0 spiro atoms. The fraction of sp³-hybridized carbons (Fsp3) is 0.643. The number of aryl methyl sites for hydroxylation is 1. The van der Waals surface area contributed by atoms with E-state index in [1.54, 1.807) is 25.7 Å². The van der Waals surface area contributed by atoms with E-state index in [0.717, 1.165) is 44.1 Å². The van der Waals surface area contributed by atoms with E-state index in [1.165, 1.54) is 0 Å². The van der Waals surface area contributed by atoms with E-state index >= 15 is 0 Å². The van der Waals surface area contributed by atoms with E-state index in [-0.39, 0.29) is 24.8 Å². The smallest absolute Gasteiger partial charge is 0.408 e. The fourth-order valence-electron chi connectivity index (χ4n) is 4.32. The Hall–Kier alpha value is -3.10. The third-order valence-electron chi connectivity index (χ3n) is 6.35. The Balaban J connectivity index is 2.43. The lowest BCUT2D eigenvalue weighted by Gasteiger charge is -2.43. The summed E-state index contributed by atoms with van der Waals surface area (Å²) >= 11 is 0. The summed E-state index contributed by atoms with van der Waals surface area (Å²) in [5.74, 6) is -1.26. The van der Waals surface area contributed by atoms with Crippen molar-refractivity contribution in [2.45, 2.75) is 110 Å². The lowest BCUT2D eigenvalue weighted by Crippen LogP contribution is -2.57. The van der Waals surface area contributed by atoms with Crippen molar-refractivity contribution in [3.63, 3.8) is 0 Å². The van der Waals surface area contributed by atoms with Crippen molar-refractivity contribution in [1.82, 2.24) is 15.5 Å². The molecule has 0 aliphatic heterocycles. The Kier molecular flexibility index (Phi) is 11.4. The summed E-state index contributed by atoms with van der Waals surface area (Å²) in [6.07, 6.45) is 4.48. The molecule has 2 atom stereocenters. The number of ether oxygens (including phenoxy) is 1. The minimum Gasteiger partial charge on any atom is -0.444 e. The second-order valence-corrected chi connectivity index (χ2v) is 10.8. The van der Waals surface area contributed by atoms with Gasteiger partial charge in [0.05, 0.1) is 0 Å². The van der Waals surface area contributed by atoms with Crippen LogP contribution in [0.2, 0.25) is 0 Å². The predicted molar refractivity (Wildman–Crippen MR) is 143 cm³/mol. The number of amides is 4. The molecule has 9 nitrogen and oxygen atoms in total. The molecule has 4 amide bonds. The number of alkyl carbamates (subject to hydrolysis) is 1. The van der Waals surface area contributed by atoms with Crippen molar-refractivity contribution in [3.05, 3.63) is 35.4 Å². The van der Waals surface area contributed by atoms with E-state index in [0.29, 0.717) is 12.1 Å². The van der Waals surface area contributed by atoms with Crippen molar-refractivity contribution in [3.8, 4) is 0 Å². The number of carbonyl (C=O) groups excluding carboxylic acids is 4. The number of nitrogens with zero attached hydrogens (tertiary/aromatic N) is 1. The quantitative estimate of drug-likeness (QED) is 0.343. The molecule has 1 aliphatic carbocycles. The van der Waals surface area contributed by atoms with Crippen LogP contribution in [0.3, 0.4) is 0 Å². The Morgan fingerprint density at radius 2 is 1.86 bits per heavy atom. The van der Waals surface area contributed by atoms with Gasteiger partial charge in [-0.05, 0) is 65.4 Å². The molecule has 1 aliphatic rings. The molecule has 9 heteroatoms. The zero-order valence-corrected chi connectivity index (χ0v) is 23.0. The van der Waals surface area contributed by atoms with Gasteiger partial charge in [0.2, 0.25) is 17.7 Å². The minimum absolute atomic E-state index is 0.00921. The largest absolute Gasteiger partial charge is 0.444 e. The minimum atomic E-state index is -1.07. The van der Waals surface area contributed by atoms with E-state index < -0.39 is 35.6 Å². The van der Waals surface area contributed by atoms with Crippen LogP contribution >= 0.6 is 0 Å². The first-order valence-electron chi connectivity index (χ1n) is 13.4. The van der Waals surface area contributed by atoms with Crippen LogP contribution in [-0.2, 0) is 19.1 Å². The first-order chi connectivity index (χ1) is 17.4. The van der Waals surface area contributed by atoms with Gasteiger partial charge in [-0.3, -0.25) is 14.4 Å². The highest BCUT2D eigenvalue weighted by Crippen LogP contribution is 2.34. The number of nitrogens with two attached hydrogens (primary N) is 1.